The van der Waals surface area contributed by atoms with Crippen LogP contribution in [0.3, 0.4) is 0 Å². The fraction of sp³-hybridized carbons (Fsp3) is 0.357. The third-order valence-electron chi connectivity index (χ3n) is 3.56. The molecule has 1 heterocycles. The first-order valence-corrected chi connectivity index (χ1v) is 6.82. The van der Waals surface area contributed by atoms with Crippen molar-refractivity contribution in [2.24, 2.45) is 11.7 Å². The van der Waals surface area contributed by atoms with Crippen molar-refractivity contribution in [2.45, 2.75) is 18.9 Å². The Balaban J connectivity index is 2.16. The molecule has 2 atom stereocenters. The predicted molar refractivity (Wildman–Crippen MR) is 75.6 cm³/mol. The highest BCUT2D eigenvalue weighted by atomic mass is 35.5. The fourth-order valence-electron chi connectivity index (χ4n) is 2.40. The lowest BCUT2D eigenvalue weighted by molar-refractivity contribution is -0.148. The van der Waals surface area contributed by atoms with Gasteiger partial charge in [-0.25, -0.2) is 4.79 Å². The van der Waals surface area contributed by atoms with Crippen LogP contribution in [0.5, 0.6) is 0 Å². The predicted octanol–water partition coefficient (Wildman–Crippen LogP) is 0.669. The van der Waals surface area contributed by atoms with E-state index in [4.69, 9.17) is 17.3 Å². The molecular weight excluding hydrogens is 296 g/mol. The van der Waals surface area contributed by atoms with Crippen molar-refractivity contribution in [2.75, 3.05) is 6.54 Å². The average Bonchev–Trinajstić information content (AvgIpc) is 2.80. The minimum Gasteiger partial charge on any atom is -0.480 e. The van der Waals surface area contributed by atoms with Crippen LogP contribution in [0.2, 0.25) is 5.02 Å². The summed E-state index contributed by atoms with van der Waals surface area (Å²) in [4.78, 5) is 35.7. The molecule has 1 unspecified atom stereocenters. The second kappa shape index (κ2) is 6.13. The van der Waals surface area contributed by atoms with Crippen molar-refractivity contribution in [3.8, 4) is 0 Å². The van der Waals surface area contributed by atoms with Gasteiger partial charge in [-0.3, -0.25) is 9.59 Å². The molecule has 1 saturated heterocycles. The zero-order valence-electron chi connectivity index (χ0n) is 11.2. The van der Waals surface area contributed by atoms with Gasteiger partial charge in [-0.2, -0.15) is 0 Å². The van der Waals surface area contributed by atoms with E-state index in [-0.39, 0.29) is 25.3 Å². The number of carboxylic acid groups (broad SMARTS) is 1. The van der Waals surface area contributed by atoms with Gasteiger partial charge < -0.3 is 15.7 Å². The number of rotatable bonds is 5. The van der Waals surface area contributed by atoms with Gasteiger partial charge >= 0.3 is 5.97 Å². The molecule has 7 heteroatoms. The number of halogens is 1. The SMILES string of the molecule is NC(=O)C1CC(=O)N([C@@H](Cc2ccc(Cl)cc2)C(=O)O)C1. The van der Waals surface area contributed by atoms with Crippen molar-refractivity contribution in [3.05, 3.63) is 34.9 Å². The number of primary amides is 1. The van der Waals surface area contributed by atoms with Gasteiger partial charge in [0.15, 0.2) is 0 Å². The summed E-state index contributed by atoms with van der Waals surface area (Å²) < 4.78 is 0. The normalized spacial score (nSPS) is 19.6. The summed E-state index contributed by atoms with van der Waals surface area (Å²) in [5.74, 6) is -2.67. The first kappa shape index (κ1) is 15.3. The summed E-state index contributed by atoms with van der Waals surface area (Å²) in [6.45, 7) is 0.0543. The molecule has 6 nitrogen and oxygen atoms in total. The highest BCUT2D eigenvalue weighted by molar-refractivity contribution is 6.30. The van der Waals surface area contributed by atoms with Gasteiger partial charge in [0.2, 0.25) is 11.8 Å². The lowest BCUT2D eigenvalue weighted by atomic mass is 10.0. The highest BCUT2D eigenvalue weighted by Crippen LogP contribution is 2.22. The number of nitrogens with zero attached hydrogens (tertiary/aromatic N) is 1. The molecule has 0 aliphatic carbocycles. The third kappa shape index (κ3) is 3.52. The van der Waals surface area contributed by atoms with Crippen LogP contribution >= 0.6 is 11.6 Å². The fourth-order valence-corrected chi connectivity index (χ4v) is 2.52. The molecule has 1 aromatic rings. The van der Waals surface area contributed by atoms with E-state index in [9.17, 15) is 19.5 Å². The number of hydrogen-bond acceptors (Lipinski definition) is 3. The molecule has 2 amide bonds. The number of carbonyl (C=O) groups excluding carboxylic acids is 2. The number of likely N-dealkylation sites (tertiary alicyclic amines) is 1. The molecular formula is C14H15ClN2O4. The Bertz CT molecular complexity index is 573. The first-order chi connectivity index (χ1) is 9.88. The summed E-state index contributed by atoms with van der Waals surface area (Å²) in [7, 11) is 0. The summed E-state index contributed by atoms with van der Waals surface area (Å²) in [5, 5.41) is 9.91. The molecule has 1 aromatic carbocycles. The number of aliphatic carboxylic acids is 1. The van der Waals surface area contributed by atoms with Crippen LogP contribution in [0.4, 0.5) is 0 Å². The molecule has 1 aliphatic rings. The lowest BCUT2D eigenvalue weighted by Crippen LogP contribution is -2.44. The van der Waals surface area contributed by atoms with E-state index < -0.39 is 23.8 Å². The van der Waals surface area contributed by atoms with Gasteiger partial charge in [0.25, 0.3) is 0 Å². The maximum Gasteiger partial charge on any atom is 0.326 e. The van der Waals surface area contributed by atoms with Crippen LogP contribution in [-0.2, 0) is 20.8 Å². The van der Waals surface area contributed by atoms with Gasteiger partial charge in [0.1, 0.15) is 6.04 Å². The van der Waals surface area contributed by atoms with Crippen LogP contribution in [0.1, 0.15) is 12.0 Å². The number of hydrogen-bond donors (Lipinski definition) is 2. The van der Waals surface area contributed by atoms with Crippen molar-refractivity contribution < 1.29 is 19.5 Å². The molecule has 0 aromatic heterocycles. The number of benzene rings is 1. The molecule has 3 N–H and O–H groups in total. The van der Waals surface area contributed by atoms with Crippen molar-refractivity contribution >= 4 is 29.4 Å². The molecule has 2 rings (SSSR count). The maximum atomic E-state index is 11.9. The lowest BCUT2D eigenvalue weighted by Gasteiger charge is -2.24. The molecule has 0 saturated carbocycles. The van der Waals surface area contributed by atoms with Gasteiger partial charge in [-0.15, -0.1) is 0 Å². The van der Waals surface area contributed by atoms with E-state index >= 15 is 0 Å². The second-order valence-electron chi connectivity index (χ2n) is 5.03. The van der Waals surface area contributed by atoms with Gasteiger partial charge in [0, 0.05) is 24.4 Å². The van der Waals surface area contributed by atoms with E-state index in [1.54, 1.807) is 24.3 Å². The van der Waals surface area contributed by atoms with E-state index in [1.165, 1.54) is 4.90 Å². The molecule has 21 heavy (non-hydrogen) atoms. The van der Waals surface area contributed by atoms with Crippen molar-refractivity contribution in [3.63, 3.8) is 0 Å². The number of nitrogens with two attached hydrogens (primary N) is 1. The van der Waals surface area contributed by atoms with E-state index in [2.05, 4.69) is 0 Å². The Hall–Kier alpha value is -2.08. The molecule has 1 aliphatic heterocycles. The maximum absolute atomic E-state index is 11.9. The van der Waals surface area contributed by atoms with E-state index in [0.717, 1.165) is 5.56 Å². The third-order valence-corrected chi connectivity index (χ3v) is 3.82. The molecule has 1 fully saturated rings. The largest absolute Gasteiger partial charge is 0.480 e. The van der Waals surface area contributed by atoms with Crippen LogP contribution in [-0.4, -0.2) is 40.4 Å². The van der Waals surface area contributed by atoms with E-state index in [1.807, 2.05) is 0 Å². The minimum absolute atomic E-state index is 0.0280. The number of carbonyl (C=O) groups is 3. The van der Waals surface area contributed by atoms with Crippen LogP contribution < -0.4 is 5.73 Å². The van der Waals surface area contributed by atoms with Crippen molar-refractivity contribution in [1.82, 2.24) is 4.90 Å². The second-order valence-corrected chi connectivity index (χ2v) is 5.47. The summed E-state index contributed by atoms with van der Waals surface area (Å²) in [6, 6.07) is 5.74. The minimum atomic E-state index is -1.11. The molecule has 0 spiro atoms. The number of carboxylic acids is 1. The first-order valence-electron chi connectivity index (χ1n) is 6.44. The summed E-state index contributed by atoms with van der Waals surface area (Å²) >= 11 is 5.78. The van der Waals surface area contributed by atoms with Crippen LogP contribution in [0, 0.1) is 5.92 Å². The van der Waals surface area contributed by atoms with Crippen molar-refractivity contribution in [1.29, 1.82) is 0 Å². The average molecular weight is 311 g/mol. The van der Waals surface area contributed by atoms with Gasteiger partial charge in [0.05, 0.1) is 5.92 Å². The summed E-state index contributed by atoms with van der Waals surface area (Å²) in [5.41, 5.74) is 5.94. The number of amides is 2. The Morgan fingerprint density at radius 1 is 1.38 bits per heavy atom. The Morgan fingerprint density at radius 3 is 2.48 bits per heavy atom. The highest BCUT2D eigenvalue weighted by Gasteiger charge is 2.39. The Labute approximate surface area is 126 Å². The van der Waals surface area contributed by atoms with E-state index in [0.29, 0.717) is 5.02 Å². The summed E-state index contributed by atoms with van der Waals surface area (Å²) in [6.07, 6.45) is 0.128. The Morgan fingerprint density at radius 2 is 2.00 bits per heavy atom. The van der Waals surface area contributed by atoms with Gasteiger partial charge in [-0.1, -0.05) is 23.7 Å². The Kier molecular flexibility index (Phi) is 4.47. The molecule has 0 radical (unpaired) electrons. The topological polar surface area (TPSA) is 101 Å². The standard InChI is InChI=1S/C14H15ClN2O4/c15-10-3-1-8(2-4-10)5-11(14(20)21)17-7-9(13(16)19)6-12(17)18/h1-4,9,11H,5-7H2,(H2,16,19)(H,20,21)/t9?,11-/m0/s1. The quantitative estimate of drug-likeness (QED) is 0.834. The molecule has 112 valence electrons. The zero-order valence-corrected chi connectivity index (χ0v) is 11.9. The monoisotopic (exact) mass is 310 g/mol. The van der Waals surface area contributed by atoms with Gasteiger partial charge in [-0.05, 0) is 17.7 Å². The van der Waals surface area contributed by atoms with Crippen LogP contribution in [0.15, 0.2) is 24.3 Å². The molecule has 0 bridgehead atoms. The zero-order chi connectivity index (χ0) is 15.6. The van der Waals surface area contributed by atoms with Crippen LogP contribution in [0.25, 0.3) is 0 Å². The smallest absolute Gasteiger partial charge is 0.326 e.